The SMILES string of the molecule is COc1cccc(COC(=O)CC2(CC(=O)OCc3cccc(OC)c3)c3ccccc3-c3ccccc32)c1. The van der Waals surface area contributed by atoms with Crippen molar-refractivity contribution in [3.63, 3.8) is 0 Å². The highest BCUT2D eigenvalue weighted by atomic mass is 16.5. The molecule has 0 aromatic heterocycles. The molecule has 0 fully saturated rings. The van der Waals surface area contributed by atoms with Crippen LogP contribution in [0.2, 0.25) is 0 Å². The van der Waals surface area contributed by atoms with Crippen molar-refractivity contribution in [2.45, 2.75) is 31.5 Å². The van der Waals surface area contributed by atoms with Gasteiger partial charge in [0.1, 0.15) is 24.7 Å². The number of methoxy groups -OCH3 is 2. The maximum Gasteiger partial charge on any atom is 0.307 e. The van der Waals surface area contributed by atoms with Gasteiger partial charge in [-0.2, -0.15) is 0 Å². The Balaban J connectivity index is 1.41. The summed E-state index contributed by atoms with van der Waals surface area (Å²) in [7, 11) is 3.19. The zero-order chi connectivity index (χ0) is 27.2. The number of fused-ring (bicyclic) bond motifs is 3. The number of ether oxygens (including phenoxy) is 4. The summed E-state index contributed by atoms with van der Waals surface area (Å²) in [4.78, 5) is 26.7. The first-order chi connectivity index (χ1) is 19.0. The standard InChI is InChI=1S/C33H30O6/c1-36-25-11-7-9-23(17-25)21-38-31(34)19-33(20-32(35)39-22-24-10-8-12-26(18-24)37-2)29-15-5-3-13-27(29)28-14-4-6-16-30(28)33/h3-18H,19-22H2,1-2H3. The summed E-state index contributed by atoms with van der Waals surface area (Å²) < 4.78 is 22.0. The van der Waals surface area contributed by atoms with Crippen LogP contribution < -0.4 is 9.47 Å². The minimum atomic E-state index is -0.913. The number of rotatable bonds is 10. The second-order valence-corrected chi connectivity index (χ2v) is 9.55. The number of hydrogen-bond acceptors (Lipinski definition) is 6. The van der Waals surface area contributed by atoms with Crippen molar-refractivity contribution in [3.05, 3.63) is 119 Å². The van der Waals surface area contributed by atoms with Crippen LogP contribution >= 0.6 is 0 Å². The fourth-order valence-electron chi connectivity index (χ4n) is 5.31. The van der Waals surface area contributed by atoms with Crippen LogP contribution in [-0.2, 0) is 37.7 Å². The van der Waals surface area contributed by atoms with E-state index >= 15 is 0 Å². The molecule has 1 aliphatic rings. The van der Waals surface area contributed by atoms with Gasteiger partial charge in [-0.25, -0.2) is 0 Å². The third-order valence-electron chi connectivity index (χ3n) is 7.14. The number of carbonyl (C=O) groups is 2. The molecular weight excluding hydrogens is 492 g/mol. The molecule has 1 aliphatic carbocycles. The van der Waals surface area contributed by atoms with Crippen molar-refractivity contribution in [1.29, 1.82) is 0 Å². The van der Waals surface area contributed by atoms with Gasteiger partial charge in [-0.15, -0.1) is 0 Å². The molecule has 0 aliphatic heterocycles. The molecule has 4 aromatic rings. The molecule has 5 rings (SSSR count). The minimum Gasteiger partial charge on any atom is -0.497 e. The van der Waals surface area contributed by atoms with Crippen molar-refractivity contribution in [1.82, 2.24) is 0 Å². The van der Waals surface area contributed by atoms with Gasteiger partial charge in [-0.05, 0) is 57.6 Å². The highest BCUT2D eigenvalue weighted by Crippen LogP contribution is 2.53. The Labute approximate surface area is 228 Å². The highest BCUT2D eigenvalue weighted by molar-refractivity contribution is 5.88. The van der Waals surface area contributed by atoms with E-state index in [1.165, 1.54) is 0 Å². The summed E-state index contributed by atoms with van der Waals surface area (Å²) in [6, 6.07) is 30.6. The molecule has 0 radical (unpaired) electrons. The largest absolute Gasteiger partial charge is 0.497 e. The van der Waals surface area contributed by atoms with E-state index in [2.05, 4.69) is 0 Å². The van der Waals surface area contributed by atoms with Crippen LogP contribution in [-0.4, -0.2) is 26.2 Å². The Hall–Kier alpha value is -4.58. The fraction of sp³-hybridized carbons (Fsp3) is 0.212. The van der Waals surface area contributed by atoms with E-state index in [4.69, 9.17) is 18.9 Å². The Morgan fingerprint density at radius 1 is 0.590 bits per heavy atom. The summed E-state index contributed by atoms with van der Waals surface area (Å²) in [6.07, 6.45) is -0.00148. The molecule has 4 aromatic carbocycles. The van der Waals surface area contributed by atoms with E-state index < -0.39 is 17.4 Å². The molecule has 0 unspecified atom stereocenters. The van der Waals surface area contributed by atoms with Crippen molar-refractivity contribution < 1.29 is 28.5 Å². The van der Waals surface area contributed by atoms with Crippen molar-refractivity contribution in [2.75, 3.05) is 14.2 Å². The van der Waals surface area contributed by atoms with Crippen LogP contribution in [0, 0.1) is 0 Å². The highest BCUT2D eigenvalue weighted by Gasteiger charge is 2.46. The van der Waals surface area contributed by atoms with Crippen LogP contribution in [0.5, 0.6) is 11.5 Å². The van der Waals surface area contributed by atoms with Crippen molar-refractivity contribution >= 4 is 11.9 Å². The van der Waals surface area contributed by atoms with Gasteiger partial charge in [0.15, 0.2) is 0 Å². The maximum absolute atomic E-state index is 13.4. The van der Waals surface area contributed by atoms with Crippen LogP contribution in [0.4, 0.5) is 0 Å². The molecule has 0 bridgehead atoms. The molecule has 0 atom stereocenters. The van der Waals surface area contributed by atoms with Crippen molar-refractivity contribution in [2.24, 2.45) is 0 Å². The number of benzene rings is 4. The Morgan fingerprint density at radius 2 is 1.03 bits per heavy atom. The predicted octanol–water partition coefficient (Wildman–Crippen LogP) is 6.24. The average Bonchev–Trinajstić information content (AvgIpc) is 3.24. The normalized spacial score (nSPS) is 12.7. The molecule has 0 saturated heterocycles. The summed E-state index contributed by atoms with van der Waals surface area (Å²) in [5, 5.41) is 0. The Kier molecular flexibility index (Phi) is 7.64. The lowest BCUT2D eigenvalue weighted by atomic mass is 9.73. The van der Waals surface area contributed by atoms with Crippen molar-refractivity contribution in [3.8, 4) is 22.6 Å². The molecule has 0 heterocycles. The first kappa shape index (κ1) is 26.0. The summed E-state index contributed by atoms with van der Waals surface area (Å²) >= 11 is 0. The van der Waals surface area contributed by atoms with Gasteiger partial charge in [0.25, 0.3) is 0 Å². The second kappa shape index (κ2) is 11.4. The third-order valence-corrected chi connectivity index (χ3v) is 7.14. The first-order valence-electron chi connectivity index (χ1n) is 12.8. The smallest absolute Gasteiger partial charge is 0.307 e. The van der Waals surface area contributed by atoms with E-state index in [0.717, 1.165) is 33.4 Å². The van der Waals surface area contributed by atoms with Gasteiger partial charge in [0.2, 0.25) is 0 Å². The average molecular weight is 523 g/mol. The van der Waals surface area contributed by atoms with Gasteiger partial charge < -0.3 is 18.9 Å². The van der Waals surface area contributed by atoms with Gasteiger partial charge in [0.05, 0.1) is 27.1 Å². The van der Waals surface area contributed by atoms with E-state index in [-0.39, 0.29) is 26.1 Å². The second-order valence-electron chi connectivity index (χ2n) is 9.55. The summed E-state index contributed by atoms with van der Waals surface area (Å²) in [6.45, 7) is 0.214. The molecule has 0 amide bonds. The van der Waals surface area contributed by atoms with Crippen LogP contribution in [0.1, 0.15) is 35.1 Å². The third kappa shape index (κ3) is 5.50. The molecule has 6 heteroatoms. The van der Waals surface area contributed by atoms with E-state index in [9.17, 15) is 9.59 Å². The lowest BCUT2D eigenvalue weighted by Gasteiger charge is -2.30. The van der Waals surface area contributed by atoms with Gasteiger partial charge in [-0.1, -0.05) is 72.8 Å². The predicted molar refractivity (Wildman–Crippen MR) is 147 cm³/mol. The molecule has 6 nitrogen and oxygen atoms in total. The zero-order valence-electron chi connectivity index (χ0n) is 22.0. The fourth-order valence-corrected chi connectivity index (χ4v) is 5.31. The summed E-state index contributed by atoms with van der Waals surface area (Å²) in [5.74, 6) is 0.588. The van der Waals surface area contributed by atoms with Gasteiger partial charge >= 0.3 is 11.9 Å². The number of hydrogen-bond donors (Lipinski definition) is 0. The maximum atomic E-state index is 13.4. The Morgan fingerprint density at radius 3 is 1.46 bits per heavy atom. The van der Waals surface area contributed by atoms with E-state index in [1.807, 2.05) is 97.1 Å². The molecule has 39 heavy (non-hydrogen) atoms. The van der Waals surface area contributed by atoms with Gasteiger partial charge in [0, 0.05) is 5.41 Å². The molecule has 0 N–H and O–H groups in total. The molecule has 198 valence electrons. The molecular formula is C33H30O6. The number of carbonyl (C=O) groups excluding carboxylic acids is 2. The van der Waals surface area contributed by atoms with E-state index in [0.29, 0.717) is 11.5 Å². The topological polar surface area (TPSA) is 71.1 Å². The zero-order valence-corrected chi connectivity index (χ0v) is 22.0. The van der Waals surface area contributed by atoms with Crippen LogP contribution in [0.25, 0.3) is 11.1 Å². The monoisotopic (exact) mass is 522 g/mol. The quantitative estimate of drug-likeness (QED) is 0.230. The minimum absolute atomic E-state index is 0.000739. The lowest BCUT2D eigenvalue weighted by molar-refractivity contribution is -0.149. The van der Waals surface area contributed by atoms with Crippen LogP contribution in [0.3, 0.4) is 0 Å². The first-order valence-corrected chi connectivity index (χ1v) is 12.8. The molecule has 0 saturated carbocycles. The van der Waals surface area contributed by atoms with Crippen LogP contribution in [0.15, 0.2) is 97.1 Å². The lowest BCUT2D eigenvalue weighted by Crippen LogP contribution is -2.33. The number of esters is 2. The van der Waals surface area contributed by atoms with Gasteiger partial charge in [-0.3, -0.25) is 9.59 Å². The Bertz CT molecular complexity index is 1380. The summed E-state index contributed by atoms with van der Waals surface area (Å²) in [5.41, 5.74) is 4.59. The van der Waals surface area contributed by atoms with E-state index in [1.54, 1.807) is 14.2 Å². The molecule has 0 spiro atoms.